The Morgan fingerprint density at radius 2 is 2.00 bits per heavy atom. The first-order valence-corrected chi connectivity index (χ1v) is 5.09. The maximum Gasteiger partial charge on any atom is 0.115 e. The molecule has 0 saturated heterocycles. The van der Waals surface area contributed by atoms with E-state index in [2.05, 4.69) is 10.3 Å². The number of methoxy groups -OCH3 is 1. The summed E-state index contributed by atoms with van der Waals surface area (Å²) in [6, 6.07) is 6.55. The summed E-state index contributed by atoms with van der Waals surface area (Å²) in [5, 5.41) is 26.2. The Hall–Kier alpha value is -1.92. The van der Waals surface area contributed by atoms with Gasteiger partial charge in [0.15, 0.2) is 0 Å². The molecule has 0 bridgehead atoms. The standard InChI is InChI=1S/C11H13N3O3/c1-17-7-11-10(6-15)12-13-14(11)8-2-4-9(16)5-3-8/h2-5,15-16H,6-7H2,1H3. The summed E-state index contributed by atoms with van der Waals surface area (Å²) in [6.45, 7) is 0.126. The van der Waals surface area contributed by atoms with Crippen molar-refractivity contribution in [2.24, 2.45) is 0 Å². The Morgan fingerprint density at radius 1 is 1.29 bits per heavy atom. The van der Waals surface area contributed by atoms with Crippen molar-refractivity contribution in [3.63, 3.8) is 0 Å². The Kier molecular flexibility index (Phi) is 3.36. The molecule has 0 atom stereocenters. The number of aliphatic hydroxyl groups excluding tert-OH is 1. The lowest BCUT2D eigenvalue weighted by molar-refractivity contribution is 0.175. The van der Waals surface area contributed by atoms with Crippen molar-refractivity contribution in [3.05, 3.63) is 35.7 Å². The van der Waals surface area contributed by atoms with Gasteiger partial charge in [-0.1, -0.05) is 5.21 Å². The van der Waals surface area contributed by atoms with Gasteiger partial charge in [0.2, 0.25) is 0 Å². The highest BCUT2D eigenvalue weighted by molar-refractivity contribution is 5.37. The van der Waals surface area contributed by atoms with Crippen molar-refractivity contribution >= 4 is 0 Å². The molecule has 2 aromatic rings. The number of phenols is 1. The third-order valence-electron chi connectivity index (χ3n) is 2.37. The van der Waals surface area contributed by atoms with E-state index >= 15 is 0 Å². The first-order chi connectivity index (χ1) is 8.26. The van der Waals surface area contributed by atoms with Crippen LogP contribution in [0.1, 0.15) is 11.4 Å². The average molecular weight is 235 g/mol. The molecular weight excluding hydrogens is 222 g/mol. The predicted molar refractivity (Wildman–Crippen MR) is 59.7 cm³/mol. The average Bonchev–Trinajstić information content (AvgIpc) is 2.74. The molecule has 0 aliphatic heterocycles. The minimum Gasteiger partial charge on any atom is -0.508 e. The summed E-state index contributed by atoms with van der Waals surface area (Å²) in [5.41, 5.74) is 1.93. The van der Waals surface area contributed by atoms with E-state index in [1.165, 1.54) is 0 Å². The fourth-order valence-corrected chi connectivity index (χ4v) is 1.54. The normalized spacial score (nSPS) is 10.7. The fraction of sp³-hybridized carbons (Fsp3) is 0.273. The SMILES string of the molecule is COCc1c(CO)nnn1-c1ccc(O)cc1. The second-order valence-electron chi connectivity index (χ2n) is 3.50. The van der Waals surface area contributed by atoms with Crippen LogP contribution in [0.4, 0.5) is 0 Å². The lowest BCUT2D eigenvalue weighted by atomic mass is 10.3. The van der Waals surface area contributed by atoms with Gasteiger partial charge in [-0.15, -0.1) is 5.10 Å². The second-order valence-corrected chi connectivity index (χ2v) is 3.50. The van der Waals surface area contributed by atoms with Crippen LogP contribution in [0, 0.1) is 0 Å². The molecule has 2 N–H and O–H groups in total. The summed E-state index contributed by atoms with van der Waals surface area (Å²) in [6.07, 6.45) is 0. The van der Waals surface area contributed by atoms with Crippen LogP contribution in [0.3, 0.4) is 0 Å². The Morgan fingerprint density at radius 3 is 2.59 bits per heavy atom. The van der Waals surface area contributed by atoms with Gasteiger partial charge in [-0.3, -0.25) is 0 Å². The van der Waals surface area contributed by atoms with E-state index in [9.17, 15) is 5.11 Å². The quantitative estimate of drug-likeness (QED) is 0.811. The van der Waals surface area contributed by atoms with E-state index in [4.69, 9.17) is 9.84 Å². The zero-order chi connectivity index (χ0) is 12.3. The van der Waals surface area contributed by atoms with Crippen LogP contribution in [-0.2, 0) is 18.0 Å². The molecule has 90 valence electrons. The minimum absolute atomic E-state index is 0.184. The van der Waals surface area contributed by atoms with E-state index < -0.39 is 0 Å². The fourth-order valence-electron chi connectivity index (χ4n) is 1.54. The lowest BCUT2D eigenvalue weighted by Gasteiger charge is -2.06. The number of aliphatic hydroxyl groups is 1. The van der Waals surface area contributed by atoms with Gasteiger partial charge in [0.25, 0.3) is 0 Å². The molecule has 2 rings (SSSR count). The molecule has 0 fully saturated rings. The molecule has 0 radical (unpaired) electrons. The molecule has 0 amide bonds. The predicted octanol–water partition coefficient (Wildman–Crippen LogP) is 0.612. The van der Waals surface area contributed by atoms with Crippen molar-refractivity contribution in [1.82, 2.24) is 15.0 Å². The van der Waals surface area contributed by atoms with Crippen LogP contribution < -0.4 is 0 Å². The van der Waals surface area contributed by atoms with Crippen LogP contribution in [0.5, 0.6) is 5.75 Å². The molecule has 0 saturated carbocycles. The van der Waals surface area contributed by atoms with E-state index in [1.807, 2.05) is 0 Å². The summed E-state index contributed by atoms with van der Waals surface area (Å²) in [5.74, 6) is 0.185. The summed E-state index contributed by atoms with van der Waals surface area (Å²) >= 11 is 0. The van der Waals surface area contributed by atoms with Gasteiger partial charge in [-0.25, -0.2) is 4.68 Å². The molecule has 6 nitrogen and oxygen atoms in total. The molecule has 1 heterocycles. The van der Waals surface area contributed by atoms with Crippen LogP contribution in [0.15, 0.2) is 24.3 Å². The van der Waals surface area contributed by atoms with Gasteiger partial charge in [0.05, 0.1) is 24.6 Å². The zero-order valence-electron chi connectivity index (χ0n) is 9.37. The maximum absolute atomic E-state index is 9.22. The van der Waals surface area contributed by atoms with E-state index in [1.54, 1.807) is 36.1 Å². The highest BCUT2D eigenvalue weighted by atomic mass is 16.5. The van der Waals surface area contributed by atoms with E-state index in [-0.39, 0.29) is 12.4 Å². The van der Waals surface area contributed by atoms with Crippen LogP contribution >= 0.6 is 0 Å². The highest BCUT2D eigenvalue weighted by Gasteiger charge is 2.13. The van der Waals surface area contributed by atoms with Crippen LogP contribution in [0.2, 0.25) is 0 Å². The number of hydrogen-bond acceptors (Lipinski definition) is 5. The third kappa shape index (κ3) is 2.27. The number of nitrogens with zero attached hydrogens (tertiary/aromatic N) is 3. The first-order valence-electron chi connectivity index (χ1n) is 5.09. The van der Waals surface area contributed by atoms with Gasteiger partial charge < -0.3 is 14.9 Å². The van der Waals surface area contributed by atoms with E-state index in [0.717, 1.165) is 5.69 Å². The van der Waals surface area contributed by atoms with Crippen LogP contribution in [-0.4, -0.2) is 32.3 Å². The molecule has 0 spiro atoms. The third-order valence-corrected chi connectivity index (χ3v) is 2.37. The Bertz CT molecular complexity index is 493. The number of aromatic nitrogens is 3. The number of hydrogen-bond donors (Lipinski definition) is 2. The lowest BCUT2D eigenvalue weighted by Crippen LogP contribution is -2.04. The minimum atomic E-state index is -0.184. The van der Waals surface area contributed by atoms with Gasteiger partial charge in [-0.2, -0.15) is 0 Å². The Balaban J connectivity index is 2.43. The van der Waals surface area contributed by atoms with Gasteiger partial charge in [-0.05, 0) is 24.3 Å². The summed E-state index contributed by atoms with van der Waals surface area (Å²) < 4.78 is 6.63. The first kappa shape index (κ1) is 11.6. The molecule has 0 aliphatic carbocycles. The van der Waals surface area contributed by atoms with Crippen molar-refractivity contribution in [3.8, 4) is 11.4 Å². The van der Waals surface area contributed by atoms with Gasteiger partial charge in [0, 0.05) is 7.11 Å². The summed E-state index contributed by atoms with van der Waals surface area (Å²) in [7, 11) is 1.56. The maximum atomic E-state index is 9.22. The molecular formula is C11H13N3O3. The second kappa shape index (κ2) is 4.94. The number of benzene rings is 1. The van der Waals surface area contributed by atoms with Crippen molar-refractivity contribution in [1.29, 1.82) is 0 Å². The van der Waals surface area contributed by atoms with Crippen molar-refractivity contribution < 1.29 is 14.9 Å². The van der Waals surface area contributed by atoms with Gasteiger partial charge in [0.1, 0.15) is 11.4 Å². The molecule has 0 unspecified atom stereocenters. The number of phenolic OH excluding ortho intramolecular Hbond substituents is 1. The smallest absolute Gasteiger partial charge is 0.115 e. The molecule has 1 aromatic carbocycles. The topological polar surface area (TPSA) is 80.4 Å². The number of aromatic hydroxyl groups is 1. The number of rotatable bonds is 4. The molecule has 1 aromatic heterocycles. The van der Waals surface area contributed by atoms with Crippen molar-refractivity contribution in [2.75, 3.05) is 7.11 Å². The van der Waals surface area contributed by atoms with Crippen molar-refractivity contribution in [2.45, 2.75) is 13.2 Å². The molecule has 17 heavy (non-hydrogen) atoms. The highest BCUT2D eigenvalue weighted by Crippen LogP contribution is 2.17. The van der Waals surface area contributed by atoms with Crippen LogP contribution in [0.25, 0.3) is 5.69 Å². The Labute approximate surface area is 98.1 Å². The largest absolute Gasteiger partial charge is 0.508 e. The molecule has 0 aliphatic rings. The monoisotopic (exact) mass is 235 g/mol. The van der Waals surface area contributed by atoms with E-state index in [0.29, 0.717) is 18.0 Å². The number of ether oxygens (including phenoxy) is 1. The summed E-state index contributed by atoms with van der Waals surface area (Å²) in [4.78, 5) is 0. The zero-order valence-corrected chi connectivity index (χ0v) is 9.37. The van der Waals surface area contributed by atoms with Gasteiger partial charge >= 0.3 is 0 Å². The molecule has 6 heteroatoms.